The molecule has 192 valence electrons. The normalized spacial score (nSPS) is 16.1. The van der Waals surface area contributed by atoms with Crippen molar-refractivity contribution in [1.29, 1.82) is 0 Å². The minimum absolute atomic E-state index is 0.128. The van der Waals surface area contributed by atoms with Gasteiger partial charge in [0.2, 0.25) is 0 Å². The Morgan fingerprint density at radius 1 is 1.17 bits per heavy atom. The predicted octanol–water partition coefficient (Wildman–Crippen LogP) is 7.24. The number of allylic oxidation sites excluding steroid dienone is 1. The van der Waals surface area contributed by atoms with Crippen LogP contribution in [0.5, 0.6) is 0 Å². The number of carbonyl (C=O) groups is 1. The summed E-state index contributed by atoms with van der Waals surface area (Å²) in [5.41, 5.74) is 4.69. The first-order valence-electron chi connectivity index (χ1n) is 12.7. The van der Waals surface area contributed by atoms with Gasteiger partial charge in [0, 0.05) is 42.5 Å². The molecule has 6 heteroatoms. The Balaban J connectivity index is 1.63. The van der Waals surface area contributed by atoms with Gasteiger partial charge in [-0.2, -0.15) is 0 Å². The number of carbonyl (C=O) groups excluding carboxylic acids is 1. The molecule has 0 aliphatic carbocycles. The first-order chi connectivity index (χ1) is 16.7. The van der Waals surface area contributed by atoms with Crippen molar-refractivity contribution >= 4 is 17.0 Å². The lowest BCUT2D eigenvalue weighted by Crippen LogP contribution is -2.60. The van der Waals surface area contributed by atoms with E-state index in [1.807, 2.05) is 11.0 Å². The van der Waals surface area contributed by atoms with Crippen molar-refractivity contribution in [3.8, 4) is 11.3 Å². The Kier molecular flexibility index (Phi) is 6.76. The van der Waals surface area contributed by atoms with Gasteiger partial charge in [-0.05, 0) is 61.9 Å². The minimum atomic E-state index is -0.386. The van der Waals surface area contributed by atoms with Gasteiger partial charge in [0.15, 0.2) is 11.3 Å². The van der Waals surface area contributed by atoms with E-state index >= 15 is 0 Å². The lowest BCUT2D eigenvalue weighted by molar-refractivity contribution is 0.0224. The highest BCUT2D eigenvalue weighted by Crippen LogP contribution is 2.34. The summed E-state index contributed by atoms with van der Waals surface area (Å²) in [7, 11) is 0. The maximum Gasteiger partial charge on any atom is 0.290 e. The molecule has 0 saturated carbocycles. The highest BCUT2D eigenvalue weighted by Gasteiger charge is 2.39. The fourth-order valence-electron chi connectivity index (χ4n) is 5.01. The largest absolute Gasteiger partial charge is 0.449 e. The number of fused-ring (bicyclic) bond motifs is 1. The Hall–Kier alpha value is -3.15. The van der Waals surface area contributed by atoms with Gasteiger partial charge in [-0.15, -0.1) is 0 Å². The van der Waals surface area contributed by atoms with Gasteiger partial charge in [0.1, 0.15) is 11.3 Å². The summed E-state index contributed by atoms with van der Waals surface area (Å²) < 4.78 is 19.6. The zero-order valence-corrected chi connectivity index (χ0v) is 22.6. The molecular formula is C30H38FN3O2. The second kappa shape index (κ2) is 9.38. The molecule has 1 amide bonds. The zero-order valence-electron chi connectivity index (χ0n) is 22.6. The molecule has 0 unspecified atom stereocenters. The van der Waals surface area contributed by atoms with Gasteiger partial charge in [-0.3, -0.25) is 4.79 Å². The monoisotopic (exact) mass is 491 g/mol. The Bertz CT molecular complexity index is 1280. The zero-order chi connectivity index (χ0) is 26.4. The van der Waals surface area contributed by atoms with Crippen LogP contribution in [0.2, 0.25) is 0 Å². The van der Waals surface area contributed by atoms with Gasteiger partial charge in [-0.25, -0.2) is 9.37 Å². The molecule has 1 aromatic carbocycles. The molecular weight excluding hydrogens is 453 g/mol. The smallest absolute Gasteiger partial charge is 0.290 e. The molecule has 0 N–H and O–H groups in total. The summed E-state index contributed by atoms with van der Waals surface area (Å²) in [4.78, 5) is 22.7. The van der Waals surface area contributed by atoms with E-state index in [0.717, 1.165) is 42.0 Å². The molecule has 36 heavy (non-hydrogen) atoms. The second-order valence-corrected chi connectivity index (χ2v) is 12.1. The summed E-state index contributed by atoms with van der Waals surface area (Å²) in [6, 6.07) is 10.0. The first-order valence-corrected chi connectivity index (χ1v) is 12.7. The van der Waals surface area contributed by atoms with Gasteiger partial charge in [0.25, 0.3) is 5.91 Å². The van der Waals surface area contributed by atoms with Crippen LogP contribution in [0, 0.1) is 11.2 Å². The summed E-state index contributed by atoms with van der Waals surface area (Å²) in [5, 5.41) is 0. The van der Waals surface area contributed by atoms with Gasteiger partial charge < -0.3 is 14.2 Å². The molecule has 0 radical (unpaired) electrons. The molecule has 1 saturated heterocycles. The first kappa shape index (κ1) is 25.9. The van der Waals surface area contributed by atoms with E-state index in [0.29, 0.717) is 23.4 Å². The predicted molar refractivity (Wildman–Crippen MR) is 143 cm³/mol. The third kappa shape index (κ3) is 5.32. The van der Waals surface area contributed by atoms with Crippen molar-refractivity contribution in [2.75, 3.05) is 19.6 Å². The second-order valence-electron chi connectivity index (χ2n) is 12.1. The van der Waals surface area contributed by atoms with Crippen LogP contribution < -0.4 is 0 Å². The molecule has 3 aromatic rings. The summed E-state index contributed by atoms with van der Waals surface area (Å²) in [5.74, 6) is 0.0465. The average Bonchev–Trinajstić information content (AvgIpc) is 3.20. The third-order valence-corrected chi connectivity index (χ3v) is 6.81. The third-order valence-electron chi connectivity index (χ3n) is 6.81. The molecule has 4 rings (SSSR count). The summed E-state index contributed by atoms with van der Waals surface area (Å²) >= 11 is 0. The molecule has 1 fully saturated rings. The van der Waals surface area contributed by atoms with Crippen LogP contribution >= 0.6 is 0 Å². The van der Waals surface area contributed by atoms with Crippen LogP contribution in [0.25, 0.3) is 22.4 Å². The Labute approximate surface area is 214 Å². The van der Waals surface area contributed by atoms with Gasteiger partial charge in [-0.1, -0.05) is 41.2 Å². The van der Waals surface area contributed by atoms with Crippen molar-refractivity contribution in [3.63, 3.8) is 0 Å². The van der Waals surface area contributed by atoms with Crippen LogP contribution in [0.4, 0.5) is 4.39 Å². The highest BCUT2D eigenvalue weighted by molar-refractivity contribution is 5.96. The maximum atomic E-state index is 13.7. The molecule has 0 spiro atoms. The molecule has 5 nitrogen and oxygen atoms in total. The lowest BCUT2D eigenvalue weighted by atomic mass is 9.89. The molecule has 1 aliphatic heterocycles. The molecule has 0 bridgehead atoms. The number of benzene rings is 1. The number of furan rings is 1. The van der Waals surface area contributed by atoms with E-state index in [1.165, 1.54) is 12.1 Å². The molecule has 3 heterocycles. The van der Waals surface area contributed by atoms with Crippen LogP contribution in [0.3, 0.4) is 0 Å². The van der Waals surface area contributed by atoms with Gasteiger partial charge in [0.05, 0.1) is 11.2 Å². The number of piperazine rings is 1. The summed E-state index contributed by atoms with van der Waals surface area (Å²) in [6.45, 7) is 21.4. The van der Waals surface area contributed by atoms with Crippen molar-refractivity contribution in [1.82, 2.24) is 14.8 Å². The Morgan fingerprint density at radius 2 is 1.83 bits per heavy atom. The minimum Gasteiger partial charge on any atom is -0.449 e. The molecule has 2 aromatic heterocycles. The number of hydrogen-bond acceptors (Lipinski definition) is 4. The highest BCUT2D eigenvalue weighted by atomic mass is 19.1. The van der Waals surface area contributed by atoms with Crippen molar-refractivity contribution in [2.24, 2.45) is 5.41 Å². The van der Waals surface area contributed by atoms with Crippen molar-refractivity contribution < 1.29 is 13.6 Å². The van der Waals surface area contributed by atoms with Gasteiger partial charge >= 0.3 is 0 Å². The fourth-order valence-corrected chi connectivity index (χ4v) is 5.01. The van der Waals surface area contributed by atoms with Crippen LogP contribution in [0.15, 0.2) is 53.1 Å². The van der Waals surface area contributed by atoms with E-state index in [4.69, 9.17) is 9.40 Å². The van der Waals surface area contributed by atoms with E-state index in [9.17, 15) is 9.18 Å². The number of amides is 1. The number of pyridine rings is 1. The van der Waals surface area contributed by atoms with E-state index in [-0.39, 0.29) is 28.6 Å². The SMILES string of the molecule is C=C(CC(C)(C)C)N1CCN(C(=O)c2cc3nc(-c4ccc(F)cc4)cc(C(C)C)c3o2)C(C)(C)C1. The number of halogens is 1. The topological polar surface area (TPSA) is 49.6 Å². The summed E-state index contributed by atoms with van der Waals surface area (Å²) in [6.07, 6.45) is 0.917. The molecule has 0 atom stereocenters. The van der Waals surface area contributed by atoms with Crippen LogP contribution in [-0.2, 0) is 0 Å². The van der Waals surface area contributed by atoms with Crippen LogP contribution in [0.1, 0.15) is 76.9 Å². The number of aromatic nitrogens is 1. The number of hydrogen-bond donors (Lipinski definition) is 0. The van der Waals surface area contributed by atoms with E-state index < -0.39 is 0 Å². The standard InChI is InChI=1S/C30H38FN3O2/c1-19(2)23-15-24(21-9-11-22(31)12-10-21)32-25-16-26(36-27(23)25)28(35)34-14-13-33(18-30(34,7)8)20(3)17-29(4,5)6/h9-12,15-16,19H,3,13-14,17-18H2,1-2,4-8H3. The molecule has 1 aliphatic rings. The fraction of sp³-hybridized carbons (Fsp3) is 0.467. The number of rotatable bonds is 5. The average molecular weight is 492 g/mol. The van der Waals surface area contributed by atoms with Crippen molar-refractivity contribution in [2.45, 2.75) is 66.3 Å². The van der Waals surface area contributed by atoms with Crippen LogP contribution in [-0.4, -0.2) is 45.9 Å². The maximum absolute atomic E-state index is 13.7. The quantitative estimate of drug-likeness (QED) is 0.377. The van der Waals surface area contributed by atoms with E-state index in [1.54, 1.807) is 18.2 Å². The Morgan fingerprint density at radius 3 is 2.42 bits per heavy atom. The van der Waals surface area contributed by atoms with Crippen molar-refractivity contribution in [3.05, 3.63) is 65.8 Å². The number of nitrogens with zero attached hydrogens (tertiary/aromatic N) is 3. The van der Waals surface area contributed by atoms with E-state index in [2.05, 4.69) is 59.9 Å². The lowest BCUT2D eigenvalue weighted by Gasteiger charge is -2.48.